The number of pyridine rings is 2. The minimum Gasteiger partial charge on any atom is -0.533 e. The van der Waals surface area contributed by atoms with Gasteiger partial charge in [-0.25, -0.2) is 4.98 Å². The summed E-state index contributed by atoms with van der Waals surface area (Å²) in [7, 11) is -2.88. The molecule has 0 spiro atoms. The van der Waals surface area contributed by atoms with Crippen LogP contribution in [-0.2, 0) is 0 Å². The largest absolute Gasteiger partial charge is 0.533 e. The van der Waals surface area contributed by atoms with Crippen LogP contribution in [0.2, 0.25) is 5.04 Å². The van der Waals surface area contributed by atoms with Crippen molar-refractivity contribution < 1.29 is 9.22 Å². The molecule has 0 fully saturated rings. The highest BCUT2D eigenvalue weighted by Gasteiger charge is 2.52. The van der Waals surface area contributed by atoms with Crippen LogP contribution in [0.3, 0.4) is 0 Å². The molecule has 0 atom stereocenters. The lowest BCUT2D eigenvalue weighted by Gasteiger charge is -2.43. The highest BCUT2D eigenvalue weighted by Crippen LogP contribution is 2.42. The Balaban J connectivity index is 1.84. The van der Waals surface area contributed by atoms with Crippen molar-refractivity contribution in [2.75, 3.05) is 0 Å². The van der Waals surface area contributed by atoms with E-state index in [0.29, 0.717) is 5.69 Å². The van der Waals surface area contributed by atoms with Crippen molar-refractivity contribution >= 4 is 35.9 Å². The fourth-order valence-corrected chi connectivity index (χ4v) is 9.37. The molecule has 5 rings (SSSR count). The van der Waals surface area contributed by atoms with Crippen molar-refractivity contribution in [1.29, 1.82) is 0 Å². The molecule has 0 saturated carbocycles. The van der Waals surface area contributed by atoms with E-state index in [1.807, 2.05) is 48.7 Å². The molecule has 0 N–H and O–H groups in total. The van der Waals surface area contributed by atoms with Crippen LogP contribution in [-0.4, -0.2) is 24.6 Å². The third-order valence-electron chi connectivity index (χ3n) is 6.60. The SMILES string of the molecule is CC(C)(C)[Si](Oc1ccc2ccc(C=O)nc2c1-c1cccnc1)(c1ccccc1)c1ccccc1. The van der Waals surface area contributed by atoms with E-state index in [-0.39, 0.29) is 5.04 Å². The van der Waals surface area contributed by atoms with E-state index < -0.39 is 8.32 Å². The lowest BCUT2D eigenvalue weighted by atomic mass is 10.0. The van der Waals surface area contributed by atoms with Crippen LogP contribution in [0, 0.1) is 0 Å². The first kappa shape index (κ1) is 23.6. The fourth-order valence-electron chi connectivity index (χ4n) is 4.94. The highest BCUT2D eigenvalue weighted by atomic mass is 28.4. The Morgan fingerprint density at radius 2 is 1.42 bits per heavy atom. The normalized spacial score (nSPS) is 11.9. The summed E-state index contributed by atoms with van der Waals surface area (Å²) in [5.74, 6) is 0.736. The zero-order valence-corrected chi connectivity index (χ0v) is 21.7. The average molecular weight is 489 g/mol. The Bertz CT molecular complexity index is 1460. The first-order valence-corrected chi connectivity index (χ1v) is 13.9. The number of fused-ring (bicyclic) bond motifs is 1. The third kappa shape index (κ3) is 4.12. The molecule has 2 heterocycles. The molecule has 5 heteroatoms. The fraction of sp³-hybridized carbons (Fsp3) is 0.129. The van der Waals surface area contributed by atoms with Gasteiger partial charge in [0.05, 0.1) is 11.1 Å². The predicted octanol–water partition coefficient (Wildman–Crippen LogP) is 6.05. The predicted molar refractivity (Wildman–Crippen MR) is 149 cm³/mol. The maximum atomic E-state index is 11.6. The van der Waals surface area contributed by atoms with Gasteiger partial charge in [0.2, 0.25) is 0 Å². The molecule has 0 bridgehead atoms. The minimum absolute atomic E-state index is 0.199. The standard InChI is InChI=1S/C31H28N2O2Si/c1-31(2,3)36(26-12-6-4-7-13-26,27-14-8-5-9-15-27)35-28-19-17-23-16-18-25(22-34)33-30(23)29(28)24-11-10-20-32-21-24/h4-22H,1-3H3. The van der Waals surface area contributed by atoms with Gasteiger partial charge < -0.3 is 4.43 Å². The summed E-state index contributed by atoms with van der Waals surface area (Å²) >= 11 is 0. The van der Waals surface area contributed by atoms with E-state index in [4.69, 9.17) is 9.41 Å². The smallest absolute Gasteiger partial charge is 0.319 e. The maximum absolute atomic E-state index is 11.6. The average Bonchev–Trinajstić information content (AvgIpc) is 2.92. The monoisotopic (exact) mass is 488 g/mol. The van der Waals surface area contributed by atoms with Crippen LogP contribution in [0.5, 0.6) is 5.75 Å². The number of hydrogen-bond acceptors (Lipinski definition) is 4. The van der Waals surface area contributed by atoms with Crippen molar-refractivity contribution in [3.63, 3.8) is 0 Å². The van der Waals surface area contributed by atoms with Gasteiger partial charge in [0.25, 0.3) is 0 Å². The number of rotatable bonds is 6. The zero-order valence-electron chi connectivity index (χ0n) is 20.7. The lowest BCUT2D eigenvalue weighted by Crippen LogP contribution is -2.68. The van der Waals surface area contributed by atoms with Crippen molar-refractivity contribution in [2.45, 2.75) is 25.8 Å². The Labute approximate surface area is 212 Å². The van der Waals surface area contributed by atoms with Crippen molar-refractivity contribution in [3.05, 3.63) is 115 Å². The van der Waals surface area contributed by atoms with Crippen LogP contribution in [0.25, 0.3) is 22.0 Å². The molecule has 178 valence electrons. The Morgan fingerprint density at radius 1 is 0.778 bits per heavy atom. The Hall–Kier alpha value is -4.09. The second-order valence-electron chi connectivity index (χ2n) is 9.87. The number of nitrogens with zero attached hydrogens (tertiary/aromatic N) is 2. The maximum Gasteiger partial charge on any atom is 0.319 e. The van der Waals surface area contributed by atoms with Crippen LogP contribution in [0.1, 0.15) is 31.3 Å². The molecule has 4 nitrogen and oxygen atoms in total. The molecule has 0 radical (unpaired) electrons. The van der Waals surface area contributed by atoms with E-state index >= 15 is 0 Å². The van der Waals surface area contributed by atoms with Gasteiger partial charge in [-0.15, -0.1) is 0 Å². The molecular formula is C31H28N2O2Si. The van der Waals surface area contributed by atoms with Gasteiger partial charge in [0, 0.05) is 23.3 Å². The lowest BCUT2D eigenvalue weighted by molar-refractivity contribution is 0.111. The molecule has 0 aliphatic carbocycles. The molecule has 36 heavy (non-hydrogen) atoms. The van der Waals surface area contributed by atoms with Gasteiger partial charge in [-0.3, -0.25) is 9.78 Å². The van der Waals surface area contributed by atoms with Crippen molar-refractivity contribution in [3.8, 4) is 16.9 Å². The Morgan fingerprint density at radius 3 is 1.97 bits per heavy atom. The van der Waals surface area contributed by atoms with Gasteiger partial charge in [0.1, 0.15) is 11.4 Å². The number of benzene rings is 3. The number of carbonyl (C=O) groups excluding carboxylic acids is 1. The minimum atomic E-state index is -2.88. The quantitative estimate of drug-likeness (QED) is 0.216. The van der Waals surface area contributed by atoms with Gasteiger partial charge in [-0.05, 0) is 39.7 Å². The molecular weight excluding hydrogens is 460 g/mol. The Kier molecular flexibility index (Phi) is 6.25. The second-order valence-corrected chi connectivity index (χ2v) is 14.1. The first-order valence-electron chi connectivity index (χ1n) is 12.0. The molecule has 5 aromatic rings. The molecule has 0 unspecified atom stereocenters. The molecule has 0 aliphatic rings. The molecule has 3 aromatic carbocycles. The number of aldehydes is 1. The summed E-state index contributed by atoms with van der Waals surface area (Å²) in [6.07, 6.45) is 4.35. The molecule has 2 aromatic heterocycles. The van der Waals surface area contributed by atoms with Crippen LogP contribution < -0.4 is 14.8 Å². The van der Waals surface area contributed by atoms with Gasteiger partial charge in [-0.2, -0.15) is 0 Å². The van der Waals surface area contributed by atoms with E-state index in [9.17, 15) is 4.79 Å². The topological polar surface area (TPSA) is 52.1 Å². The van der Waals surface area contributed by atoms with Crippen LogP contribution in [0.4, 0.5) is 0 Å². The summed E-state index contributed by atoms with van der Waals surface area (Å²) in [6, 6.07) is 32.7. The van der Waals surface area contributed by atoms with Gasteiger partial charge in [0.15, 0.2) is 6.29 Å². The zero-order chi connectivity index (χ0) is 25.2. The molecule has 0 saturated heterocycles. The summed E-state index contributed by atoms with van der Waals surface area (Å²) in [5, 5.41) is 3.12. The van der Waals surface area contributed by atoms with E-state index in [2.05, 4.69) is 74.3 Å². The van der Waals surface area contributed by atoms with E-state index in [1.165, 1.54) is 10.4 Å². The number of aromatic nitrogens is 2. The first-order chi connectivity index (χ1) is 17.4. The van der Waals surface area contributed by atoms with Gasteiger partial charge >= 0.3 is 8.32 Å². The number of carbonyl (C=O) groups is 1. The van der Waals surface area contributed by atoms with Crippen LogP contribution >= 0.6 is 0 Å². The van der Waals surface area contributed by atoms with E-state index in [1.54, 1.807) is 12.3 Å². The third-order valence-corrected chi connectivity index (χ3v) is 11.5. The van der Waals surface area contributed by atoms with Gasteiger partial charge in [-0.1, -0.05) is 93.6 Å². The second kappa shape index (κ2) is 9.51. The summed E-state index contributed by atoms with van der Waals surface area (Å²) in [5.41, 5.74) is 2.85. The summed E-state index contributed by atoms with van der Waals surface area (Å²) in [6.45, 7) is 6.77. The molecule has 0 amide bonds. The highest BCUT2D eigenvalue weighted by molar-refractivity contribution is 7.00. The van der Waals surface area contributed by atoms with Crippen molar-refractivity contribution in [1.82, 2.24) is 9.97 Å². The summed E-state index contributed by atoms with van der Waals surface area (Å²) < 4.78 is 7.39. The van der Waals surface area contributed by atoms with Crippen LogP contribution in [0.15, 0.2) is 109 Å². The van der Waals surface area contributed by atoms with Crippen molar-refractivity contribution in [2.24, 2.45) is 0 Å². The summed E-state index contributed by atoms with van der Waals surface area (Å²) in [4.78, 5) is 20.7. The van der Waals surface area contributed by atoms with E-state index in [0.717, 1.165) is 34.1 Å². The molecule has 0 aliphatic heterocycles. The number of hydrogen-bond donors (Lipinski definition) is 0.